The third-order valence-corrected chi connectivity index (χ3v) is 5.77. The van der Waals surface area contributed by atoms with Crippen molar-refractivity contribution in [2.75, 3.05) is 26.2 Å². The number of amides is 1. The fraction of sp³-hybridized carbons (Fsp3) is 0.360. The van der Waals surface area contributed by atoms with Crippen molar-refractivity contribution in [1.82, 2.24) is 24.6 Å². The normalized spacial score (nSPS) is 15.3. The van der Waals surface area contributed by atoms with Crippen molar-refractivity contribution in [3.05, 3.63) is 77.2 Å². The van der Waals surface area contributed by atoms with E-state index >= 15 is 0 Å². The number of piperazine rings is 1. The number of pyridine rings is 1. The molecule has 172 valence electrons. The van der Waals surface area contributed by atoms with Crippen LogP contribution in [0.4, 0.5) is 0 Å². The van der Waals surface area contributed by atoms with E-state index in [0.717, 1.165) is 31.0 Å². The Morgan fingerprint density at radius 1 is 1.03 bits per heavy atom. The lowest BCUT2D eigenvalue weighted by Gasteiger charge is -2.35. The van der Waals surface area contributed by atoms with Gasteiger partial charge in [0.2, 0.25) is 0 Å². The summed E-state index contributed by atoms with van der Waals surface area (Å²) < 4.78 is 7.16. The van der Waals surface area contributed by atoms with E-state index in [1.807, 2.05) is 38.1 Å². The molecule has 1 unspecified atom stereocenters. The number of carbonyl (C=O) groups is 2. The molecule has 4 rings (SSSR count). The van der Waals surface area contributed by atoms with Crippen LogP contribution in [0, 0.1) is 13.8 Å². The Morgan fingerprint density at radius 2 is 1.76 bits per heavy atom. The predicted octanol–water partition coefficient (Wildman–Crippen LogP) is 2.77. The lowest BCUT2D eigenvalue weighted by atomic mass is 10.2. The second-order valence-electron chi connectivity index (χ2n) is 8.38. The average Bonchev–Trinajstić information content (AvgIpc) is 3.17. The van der Waals surface area contributed by atoms with Crippen LogP contribution in [0.3, 0.4) is 0 Å². The number of benzene rings is 1. The van der Waals surface area contributed by atoms with Crippen molar-refractivity contribution in [3.8, 4) is 5.82 Å². The van der Waals surface area contributed by atoms with Crippen molar-refractivity contribution in [3.63, 3.8) is 0 Å². The number of rotatable bonds is 6. The van der Waals surface area contributed by atoms with Gasteiger partial charge >= 0.3 is 5.97 Å². The number of aryl methyl sites for hydroxylation is 2. The summed E-state index contributed by atoms with van der Waals surface area (Å²) in [5, 5.41) is 4.39. The third kappa shape index (κ3) is 5.46. The van der Waals surface area contributed by atoms with E-state index in [4.69, 9.17) is 4.74 Å². The molecule has 3 aromatic rings. The minimum absolute atomic E-state index is 0.171. The van der Waals surface area contributed by atoms with E-state index in [0.29, 0.717) is 24.5 Å². The van der Waals surface area contributed by atoms with Gasteiger partial charge in [0, 0.05) is 44.6 Å². The standard InChI is InChI=1S/C25H29N5O3/c1-18-15-19(2)30(27-18)23-10-9-22(16-26-23)25(32)33-20(3)24(31)29-13-11-28(12-14-29)17-21-7-5-4-6-8-21/h4-10,15-16,20H,11-14,17H2,1-3H3. The lowest BCUT2D eigenvalue weighted by Crippen LogP contribution is -2.51. The second kappa shape index (κ2) is 9.95. The summed E-state index contributed by atoms with van der Waals surface area (Å²) >= 11 is 0. The molecule has 33 heavy (non-hydrogen) atoms. The number of nitrogens with zero attached hydrogens (tertiary/aromatic N) is 5. The second-order valence-corrected chi connectivity index (χ2v) is 8.38. The van der Waals surface area contributed by atoms with Gasteiger partial charge in [-0.2, -0.15) is 5.10 Å². The first kappa shape index (κ1) is 22.7. The van der Waals surface area contributed by atoms with E-state index in [1.54, 1.807) is 28.6 Å². The summed E-state index contributed by atoms with van der Waals surface area (Å²) in [5.74, 6) is -0.115. The molecule has 1 fully saturated rings. The number of ether oxygens (including phenoxy) is 1. The van der Waals surface area contributed by atoms with Crippen molar-refractivity contribution in [2.24, 2.45) is 0 Å². The topological polar surface area (TPSA) is 80.6 Å². The average molecular weight is 448 g/mol. The summed E-state index contributed by atoms with van der Waals surface area (Å²) in [6, 6.07) is 15.6. The molecule has 1 atom stereocenters. The van der Waals surface area contributed by atoms with Gasteiger partial charge in [0.05, 0.1) is 11.3 Å². The van der Waals surface area contributed by atoms with Crippen molar-refractivity contribution in [1.29, 1.82) is 0 Å². The Kier molecular flexibility index (Phi) is 6.84. The number of carbonyl (C=O) groups excluding carboxylic acids is 2. The fourth-order valence-corrected chi connectivity index (χ4v) is 4.00. The summed E-state index contributed by atoms with van der Waals surface area (Å²) in [5.41, 5.74) is 3.41. The van der Waals surface area contributed by atoms with Gasteiger partial charge in [0.15, 0.2) is 11.9 Å². The van der Waals surface area contributed by atoms with Crippen molar-refractivity contribution in [2.45, 2.75) is 33.4 Å². The Hall–Kier alpha value is -3.52. The molecule has 1 amide bonds. The number of aromatic nitrogens is 3. The predicted molar refractivity (Wildman–Crippen MR) is 124 cm³/mol. The molecule has 0 bridgehead atoms. The molecule has 8 nitrogen and oxygen atoms in total. The summed E-state index contributed by atoms with van der Waals surface area (Å²) in [6.07, 6.45) is 0.599. The van der Waals surface area contributed by atoms with Crippen LogP contribution in [-0.2, 0) is 16.1 Å². The molecule has 0 radical (unpaired) electrons. The van der Waals surface area contributed by atoms with Gasteiger partial charge in [-0.1, -0.05) is 30.3 Å². The van der Waals surface area contributed by atoms with Gasteiger partial charge < -0.3 is 9.64 Å². The summed E-state index contributed by atoms with van der Waals surface area (Å²) in [4.78, 5) is 33.8. The van der Waals surface area contributed by atoms with Crippen LogP contribution in [0.15, 0.2) is 54.7 Å². The van der Waals surface area contributed by atoms with Crippen LogP contribution in [-0.4, -0.2) is 68.7 Å². The zero-order valence-corrected chi connectivity index (χ0v) is 19.3. The smallest absolute Gasteiger partial charge is 0.340 e. The fourth-order valence-electron chi connectivity index (χ4n) is 4.00. The SMILES string of the molecule is Cc1cc(C)n(-c2ccc(C(=O)OC(C)C(=O)N3CCN(Cc4ccccc4)CC3)cn2)n1. The highest BCUT2D eigenvalue weighted by atomic mass is 16.5. The largest absolute Gasteiger partial charge is 0.449 e. The highest BCUT2D eigenvalue weighted by molar-refractivity contribution is 5.92. The molecular formula is C25H29N5O3. The molecule has 1 aromatic carbocycles. The zero-order valence-electron chi connectivity index (χ0n) is 19.3. The molecule has 0 aliphatic carbocycles. The molecular weight excluding hydrogens is 418 g/mol. The molecule has 1 saturated heterocycles. The quantitative estimate of drug-likeness (QED) is 0.541. The van der Waals surface area contributed by atoms with E-state index in [1.165, 1.54) is 11.8 Å². The Morgan fingerprint density at radius 3 is 2.36 bits per heavy atom. The first-order valence-corrected chi connectivity index (χ1v) is 11.2. The first-order valence-electron chi connectivity index (χ1n) is 11.2. The number of hydrogen-bond acceptors (Lipinski definition) is 6. The molecule has 8 heteroatoms. The Balaban J connectivity index is 1.29. The van der Waals surface area contributed by atoms with E-state index in [-0.39, 0.29) is 5.91 Å². The van der Waals surface area contributed by atoms with Gasteiger partial charge in [-0.15, -0.1) is 0 Å². The number of hydrogen-bond donors (Lipinski definition) is 0. The highest BCUT2D eigenvalue weighted by Gasteiger charge is 2.27. The van der Waals surface area contributed by atoms with Gasteiger partial charge in [-0.05, 0) is 44.5 Å². The molecule has 1 aliphatic heterocycles. The molecule has 0 N–H and O–H groups in total. The maximum atomic E-state index is 12.8. The van der Waals surface area contributed by atoms with Gasteiger partial charge in [0.25, 0.3) is 5.91 Å². The van der Waals surface area contributed by atoms with Crippen LogP contribution in [0.2, 0.25) is 0 Å². The maximum Gasteiger partial charge on any atom is 0.340 e. The van der Waals surface area contributed by atoms with E-state index < -0.39 is 12.1 Å². The van der Waals surface area contributed by atoms with Gasteiger partial charge in [-0.25, -0.2) is 14.5 Å². The monoisotopic (exact) mass is 447 g/mol. The van der Waals surface area contributed by atoms with Gasteiger partial charge in [0.1, 0.15) is 0 Å². The molecule has 0 spiro atoms. The lowest BCUT2D eigenvalue weighted by molar-refractivity contribution is -0.141. The zero-order chi connectivity index (χ0) is 23.4. The minimum atomic E-state index is -0.853. The summed E-state index contributed by atoms with van der Waals surface area (Å²) in [7, 11) is 0. The maximum absolute atomic E-state index is 12.8. The molecule has 1 aliphatic rings. The third-order valence-electron chi connectivity index (χ3n) is 5.77. The molecule has 3 heterocycles. The summed E-state index contributed by atoms with van der Waals surface area (Å²) in [6.45, 7) is 9.16. The van der Waals surface area contributed by atoms with Crippen LogP contribution in [0.25, 0.3) is 5.82 Å². The van der Waals surface area contributed by atoms with Crippen LogP contribution in [0.1, 0.15) is 34.2 Å². The Labute approximate surface area is 193 Å². The van der Waals surface area contributed by atoms with Crippen molar-refractivity contribution >= 4 is 11.9 Å². The highest BCUT2D eigenvalue weighted by Crippen LogP contribution is 2.13. The van der Waals surface area contributed by atoms with Crippen molar-refractivity contribution < 1.29 is 14.3 Å². The minimum Gasteiger partial charge on any atom is -0.449 e. The Bertz CT molecular complexity index is 1100. The van der Waals surface area contributed by atoms with Crippen LogP contribution < -0.4 is 0 Å². The van der Waals surface area contributed by atoms with E-state index in [9.17, 15) is 9.59 Å². The number of esters is 1. The first-order chi connectivity index (χ1) is 15.9. The van der Waals surface area contributed by atoms with Crippen LogP contribution >= 0.6 is 0 Å². The molecule has 0 saturated carbocycles. The van der Waals surface area contributed by atoms with E-state index in [2.05, 4.69) is 27.1 Å². The van der Waals surface area contributed by atoms with Crippen LogP contribution in [0.5, 0.6) is 0 Å². The van der Waals surface area contributed by atoms with Gasteiger partial charge in [-0.3, -0.25) is 9.69 Å². The molecule has 2 aromatic heterocycles.